The van der Waals surface area contributed by atoms with E-state index >= 15 is 0 Å². The van der Waals surface area contributed by atoms with Crippen LogP contribution in [0.2, 0.25) is 0 Å². The van der Waals surface area contributed by atoms with Crippen LogP contribution in [0.5, 0.6) is 0 Å². The topological polar surface area (TPSA) is 35.5 Å². The molecule has 3 atom stereocenters. The Morgan fingerprint density at radius 1 is 1.25 bits per heavy atom. The van der Waals surface area contributed by atoms with E-state index < -0.39 is 5.79 Å². The van der Waals surface area contributed by atoms with E-state index in [9.17, 15) is 4.79 Å². The molecule has 1 aliphatic heterocycles. The Labute approximate surface area is 73.0 Å². The summed E-state index contributed by atoms with van der Waals surface area (Å²) in [6.07, 6.45) is 0.596. The van der Waals surface area contributed by atoms with Crippen molar-refractivity contribution < 1.29 is 14.3 Å². The molecule has 0 bridgehead atoms. The van der Waals surface area contributed by atoms with Crippen LogP contribution in [0.25, 0.3) is 0 Å². The van der Waals surface area contributed by atoms with Gasteiger partial charge in [-0.1, -0.05) is 6.92 Å². The molecule has 70 valence electrons. The van der Waals surface area contributed by atoms with Crippen LogP contribution in [0.1, 0.15) is 27.7 Å². The number of hydrogen-bond acceptors (Lipinski definition) is 3. The molecule has 0 saturated carbocycles. The predicted molar refractivity (Wildman–Crippen MR) is 44.7 cm³/mol. The highest BCUT2D eigenvalue weighted by molar-refractivity contribution is 5.56. The molecule has 0 unspecified atom stereocenters. The zero-order chi connectivity index (χ0) is 9.35. The molecular formula is C9H16O3. The monoisotopic (exact) mass is 172 g/mol. The third-order valence-electron chi connectivity index (χ3n) is 2.28. The standard InChI is InChI=1S/C9H16O3/c1-6-7(2)11-9(3,4)12-8(6)5-10/h5-8H,1-4H3/t6-,7+,8+/m1/s1. The molecule has 0 N–H and O–H groups in total. The quantitative estimate of drug-likeness (QED) is 0.560. The van der Waals surface area contributed by atoms with Crippen molar-refractivity contribution in [3.05, 3.63) is 0 Å². The fourth-order valence-corrected chi connectivity index (χ4v) is 1.44. The van der Waals surface area contributed by atoms with Gasteiger partial charge >= 0.3 is 0 Å². The molecule has 1 rings (SSSR count). The molecule has 0 radical (unpaired) electrons. The Morgan fingerprint density at radius 3 is 2.33 bits per heavy atom. The number of rotatable bonds is 1. The maximum atomic E-state index is 10.6. The Hall–Kier alpha value is -0.410. The first kappa shape index (κ1) is 9.68. The zero-order valence-corrected chi connectivity index (χ0v) is 8.03. The smallest absolute Gasteiger partial charge is 0.164 e. The highest BCUT2D eigenvalue weighted by Gasteiger charge is 2.38. The highest BCUT2D eigenvalue weighted by Crippen LogP contribution is 2.29. The van der Waals surface area contributed by atoms with Crippen molar-refractivity contribution in [3.63, 3.8) is 0 Å². The second-order valence-corrected chi connectivity index (χ2v) is 3.80. The van der Waals surface area contributed by atoms with Crippen molar-refractivity contribution >= 4 is 6.29 Å². The average Bonchev–Trinajstić information content (AvgIpc) is 1.96. The molecule has 0 aromatic rings. The SMILES string of the molecule is C[C@@H]1[C@H](C)OC(C)(C)O[C@H]1C=O. The minimum Gasteiger partial charge on any atom is -0.347 e. The van der Waals surface area contributed by atoms with Crippen LogP contribution >= 0.6 is 0 Å². The molecule has 12 heavy (non-hydrogen) atoms. The predicted octanol–water partition coefficient (Wildman–Crippen LogP) is 1.36. The minimum atomic E-state index is -0.627. The van der Waals surface area contributed by atoms with Gasteiger partial charge in [-0.3, -0.25) is 0 Å². The van der Waals surface area contributed by atoms with E-state index in [-0.39, 0.29) is 18.1 Å². The van der Waals surface area contributed by atoms with Crippen molar-refractivity contribution in [1.82, 2.24) is 0 Å². The van der Waals surface area contributed by atoms with E-state index in [2.05, 4.69) is 0 Å². The fraction of sp³-hybridized carbons (Fsp3) is 0.889. The highest BCUT2D eigenvalue weighted by atomic mass is 16.7. The third kappa shape index (κ3) is 1.84. The maximum absolute atomic E-state index is 10.6. The zero-order valence-electron chi connectivity index (χ0n) is 8.03. The number of ether oxygens (including phenoxy) is 2. The Balaban J connectivity index is 2.71. The molecule has 1 saturated heterocycles. The van der Waals surface area contributed by atoms with Gasteiger partial charge in [-0.15, -0.1) is 0 Å². The first-order valence-corrected chi connectivity index (χ1v) is 4.27. The molecule has 0 aromatic carbocycles. The Morgan fingerprint density at radius 2 is 1.83 bits per heavy atom. The molecule has 1 heterocycles. The van der Waals surface area contributed by atoms with Crippen molar-refractivity contribution in [2.45, 2.75) is 45.7 Å². The van der Waals surface area contributed by atoms with E-state index in [0.717, 1.165) is 6.29 Å². The molecule has 1 aliphatic rings. The summed E-state index contributed by atoms with van der Waals surface area (Å²) >= 11 is 0. The van der Waals surface area contributed by atoms with Gasteiger partial charge in [0.15, 0.2) is 5.79 Å². The van der Waals surface area contributed by atoms with E-state index in [4.69, 9.17) is 9.47 Å². The third-order valence-corrected chi connectivity index (χ3v) is 2.28. The van der Waals surface area contributed by atoms with Crippen LogP contribution in [-0.4, -0.2) is 24.3 Å². The first-order valence-electron chi connectivity index (χ1n) is 4.27. The Kier molecular flexibility index (Phi) is 2.54. The lowest BCUT2D eigenvalue weighted by Crippen LogP contribution is -2.49. The summed E-state index contributed by atoms with van der Waals surface area (Å²) in [6, 6.07) is 0. The molecule has 0 aliphatic carbocycles. The molecule has 0 aromatic heterocycles. The van der Waals surface area contributed by atoms with Gasteiger partial charge < -0.3 is 14.3 Å². The van der Waals surface area contributed by atoms with Gasteiger partial charge in [-0.05, 0) is 20.8 Å². The van der Waals surface area contributed by atoms with Crippen LogP contribution in [0.4, 0.5) is 0 Å². The van der Waals surface area contributed by atoms with Crippen molar-refractivity contribution in [2.75, 3.05) is 0 Å². The average molecular weight is 172 g/mol. The fourth-order valence-electron chi connectivity index (χ4n) is 1.44. The number of hydrogen-bond donors (Lipinski definition) is 0. The van der Waals surface area contributed by atoms with E-state index in [1.165, 1.54) is 0 Å². The van der Waals surface area contributed by atoms with Crippen LogP contribution < -0.4 is 0 Å². The lowest BCUT2D eigenvalue weighted by molar-refractivity contribution is -0.305. The summed E-state index contributed by atoms with van der Waals surface area (Å²) in [4.78, 5) is 10.6. The van der Waals surface area contributed by atoms with Crippen LogP contribution in [0, 0.1) is 5.92 Å². The summed E-state index contributed by atoms with van der Waals surface area (Å²) in [6.45, 7) is 7.57. The summed E-state index contributed by atoms with van der Waals surface area (Å²) in [7, 11) is 0. The molecule has 3 nitrogen and oxygen atoms in total. The summed E-state index contributed by atoms with van der Waals surface area (Å²) in [5.41, 5.74) is 0. The molecular weight excluding hydrogens is 156 g/mol. The molecule has 0 spiro atoms. The largest absolute Gasteiger partial charge is 0.347 e. The second-order valence-electron chi connectivity index (χ2n) is 3.80. The summed E-state index contributed by atoms with van der Waals surface area (Å²) < 4.78 is 11.0. The van der Waals surface area contributed by atoms with Gasteiger partial charge in [-0.25, -0.2) is 0 Å². The minimum absolute atomic E-state index is 0.0731. The van der Waals surface area contributed by atoms with Gasteiger partial charge in [0.2, 0.25) is 0 Å². The number of aldehydes is 1. The summed E-state index contributed by atoms with van der Waals surface area (Å²) in [5, 5.41) is 0. The van der Waals surface area contributed by atoms with E-state index in [1.54, 1.807) is 0 Å². The Bertz CT molecular complexity index is 177. The van der Waals surface area contributed by atoms with E-state index in [1.807, 2.05) is 27.7 Å². The van der Waals surface area contributed by atoms with Crippen LogP contribution in [0.3, 0.4) is 0 Å². The molecule has 1 fully saturated rings. The van der Waals surface area contributed by atoms with Crippen LogP contribution in [-0.2, 0) is 14.3 Å². The van der Waals surface area contributed by atoms with Crippen molar-refractivity contribution in [3.8, 4) is 0 Å². The number of carbonyl (C=O) groups is 1. The lowest BCUT2D eigenvalue weighted by Gasteiger charge is -2.41. The normalized spacial score (nSPS) is 40.8. The number of carbonyl (C=O) groups excluding carboxylic acids is 1. The van der Waals surface area contributed by atoms with Gasteiger partial charge in [0.1, 0.15) is 12.4 Å². The second kappa shape index (κ2) is 3.15. The van der Waals surface area contributed by atoms with Crippen LogP contribution in [0.15, 0.2) is 0 Å². The van der Waals surface area contributed by atoms with Gasteiger partial charge in [-0.2, -0.15) is 0 Å². The van der Waals surface area contributed by atoms with Gasteiger partial charge in [0.25, 0.3) is 0 Å². The first-order chi connectivity index (χ1) is 5.46. The van der Waals surface area contributed by atoms with Gasteiger partial charge in [0, 0.05) is 5.92 Å². The van der Waals surface area contributed by atoms with Crippen molar-refractivity contribution in [1.29, 1.82) is 0 Å². The molecule has 0 amide bonds. The lowest BCUT2D eigenvalue weighted by atomic mass is 9.98. The van der Waals surface area contributed by atoms with E-state index in [0.29, 0.717) is 0 Å². The summed E-state index contributed by atoms with van der Waals surface area (Å²) in [5.74, 6) is -0.493. The molecule has 3 heteroatoms. The maximum Gasteiger partial charge on any atom is 0.164 e. The van der Waals surface area contributed by atoms with Gasteiger partial charge in [0.05, 0.1) is 6.10 Å². The van der Waals surface area contributed by atoms with Crippen molar-refractivity contribution in [2.24, 2.45) is 5.92 Å².